The van der Waals surface area contributed by atoms with Crippen molar-refractivity contribution in [2.24, 2.45) is 5.92 Å². The molecule has 1 unspecified atom stereocenters. The molecule has 7 heteroatoms. The first-order valence-corrected chi connectivity index (χ1v) is 6.97. The Morgan fingerprint density at radius 3 is 2.44 bits per heavy atom. The van der Waals surface area contributed by atoms with Crippen LogP contribution in [0.15, 0.2) is 0 Å². The molecule has 1 aromatic rings. The zero-order valence-corrected chi connectivity index (χ0v) is 11.8. The maximum atomic E-state index is 12.0. The Morgan fingerprint density at radius 1 is 1.44 bits per heavy atom. The van der Waals surface area contributed by atoms with E-state index in [9.17, 15) is 9.59 Å². The van der Waals surface area contributed by atoms with Crippen LogP contribution in [0.25, 0.3) is 0 Å². The summed E-state index contributed by atoms with van der Waals surface area (Å²) in [5.41, 5.74) is 0.587. The molecule has 98 valence electrons. The van der Waals surface area contributed by atoms with E-state index in [2.05, 4.69) is 5.32 Å². The van der Waals surface area contributed by atoms with Crippen LogP contribution in [0, 0.1) is 12.8 Å². The molecule has 1 heterocycles. The van der Waals surface area contributed by atoms with E-state index in [0.29, 0.717) is 19.8 Å². The Bertz CT molecular complexity index is 511. The number of carboxylic acids is 1. The van der Waals surface area contributed by atoms with Gasteiger partial charge < -0.3 is 10.4 Å². The molecule has 2 N–H and O–H groups in total. The monoisotopic (exact) mass is 307 g/mol. The fourth-order valence-corrected chi connectivity index (χ4v) is 3.16. The van der Waals surface area contributed by atoms with Crippen molar-refractivity contribution in [2.75, 3.05) is 0 Å². The van der Waals surface area contributed by atoms with Crippen LogP contribution in [-0.2, 0) is 4.79 Å². The number of halogens is 2. The number of carbonyl (C=O) groups excluding carboxylic acids is 1. The van der Waals surface area contributed by atoms with Gasteiger partial charge in [0.2, 0.25) is 0 Å². The highest BCUT2D eigenvalue weighted by Gasteiger charge is 2.37. The van der Waals surface area contributed by atoms with E-state index >= 15 is 0 Å². The number of nitrogens with one attached hydrogen (secondary N) is 1. The van der Waals surface area contributed by atoms with Crippen molar-refractivity contribution in [3.05, 3.63) is 19.8 Å². The highest BCUT2D eigenvalue weighted by Crippen LogP contribution is 2.37. The first kappa shape index (κ1) is 13.6. The maximum Gasteiger partial charge on any atom is 0.326 e. The molecule has 0 spiro atoms. The summed E-state index contributed by atoms with van der Waals surface area (Å²) in [5, 5.41) is 11.9. The summed E-state index contributed by atoms with van der Waals surface area (Å²) in [5.74, 6) is -1.39. The van der Waals surface area contributed by atoms with E-state index in [1.165, 1.54) is 0 Å². The van der Waals surface area contributed by atoms with Crippen molar-refractivity contribution >= 4 is 46.4 Å². The van der Waals surface area contributed by atoms with Gasteiger partial charge in [-0.25, -0.2) is 4.79 Å². The van der Waals surface area contributed by atoms with E-state index in [1.807, 2.05) is 0 Å². The molecule has 0 radical (unpaired) electrons. The predicted molar refractivity (Wildman–Crippen MR) is 70.7 cm³/mol. The zero-order valence-electron chi connectivity index (χ0n) is 9.50. The number of thiophene rings is 1. The van der Waals surface area contributed by atoms with Crippen LogP contribution in [0.3, 0.4) is 0 Å². The lowest BCUT2D eigenvalue weighted by Crippen LogP contribution is -2.42. The van der Waals surface area contributed by atoms with Gasteiger partial charge in [0.1, 0.15) is 10.4 Å². The molecule has 1 amide bonds. The molecular formula is C11H11Cl2NO3S. The summed E-state index contributed by atoms with van der Waals surface area (Å²) in [6, 6.07) is -0.823. The summed E-state index contributed by atoms with van der Waals surface area (Å²) in [4.78, 5) is 23.4. The van der Waals surface area contributed by atoms with Crippen LogP contribution in [0.5, 0.6) is 0 Å². The molecule has 1 atom stereocenters. The lowest BCUT2D eigenvalue weighted by atomic mass is 10.2. The maximum absolute atomic E-state index is 12.0. The van der Waals surface area contributed by atoms with E-state index in [1.54, 1.807) is 6.92 Å². The smallest absolute Gasteiger partial charge is 0.326 e. The minimum Gasteiger partial charge on any atom is -0.480 e. The van der Waals surface area contributed by atoms with Gasteiger partial charge in [0.15, 0.2) is 0 Å². The van der Waals surface area contributed by atoms with Gasteiger partial charge in [0, 0.05) is 0 Å². The van der Waals surface area contributed by atoms with E-state index < -0.39 is 17.9 Å². The average molecular weight is 308 g/mol. The fraction of sp³-hybridized carbons (Fsp3) is 0.455. The molecule has 1 aromatic heterocycles. The number of carboxylic acid groups (broad SMARTS) is 1. The van der Waals surface area contributed by atoms with Gasteiger partial charge in [-0.3, -0.25) is 4.79 Å². The Balaban J connectivity index is 2.15. The van der Waals surface area contributed by atoms with Crippen molar-refractivity contribution in [3.63, 3.8) is 0 Å². The third-order valence-corrected chi connectivity index (χ3v) is 5.07. The average Bonchev–Trinajstić information content (AvgIpc) is 3.10. The van der Waals surface area contributed by atoms with Crippen LogP contribution in [0.2, 0.25) is 9.36 Å². The molecule has 18 heavy (non-hydrogen) atoms. The van der Waals surface area contributed by atoms with E-state index in [-0.39, 0.29) is 5.92 Å². The van der Waals surface area contributed by atoms with Crippen molar-refractivity contribution in [1.82, 2.24) is 5.32 Å². The second-order valence-electron chi connectivity index (χ2n) is 4.27. The normalized spacial score (nSPS) is 16.4. The Kier molecular flexibility index (Phi) is 3.84. The summed E-state index contributed by atoms with van der Waals surface area (Å²) >= 11 is 12.8. The van der Waals surface area contributed by atoms with Crippen LogP contribution in [0.4, 0.5) is 0 Å². The van der Waals surface area contributed by atoms with Gasteiger partial charge in [0.25, 0.3) is 5.91 Å². The molecular weight excluding hydrogens is 297 g/mol. The van der Waals surface area contributed by atoms with Gasteiger partial charge >= 0.3 is 5.97 Å². The summed E-state index contributed by atoms with van der Waals surface area (Å²) < 4.78 is 0.345. The van der Waals surface area contributed by atoms with E-state index in [4.69, 9.17) is 28.3 Å². The van der Waals surface area contributed by atoms with Gasteiger partial charge in [-0.15, -0.1) is 11.3 Å². The lowest BCUT2D eigenvalue weighted by molar-refractivity contribution is -0.139. The number of aliphatic carboxylic acids is 1. The Hall–Kier alpha value is -0.780. The summed E-state index contributed by atoms with van der Waals surface area (Å²) in [6.45, 7) is 1.69. The van der Waals surface area contributed by atoms with E-state index in [0.717, 1.165) is 24.2 Å². The number of hydrogen-bond acceptors (Lipinski definition) is 3. The van der Waals surface area contributed by atoms with Crippen LogP contribution in [-0.4, -0.2) is 23.0 Å². The first-order valence-electron chi connectivity index (χ1n) is 5.40. The quantitative estimate of drug-likeness (QED) is 0.898. The standard InChI is InChI=1S/C11H11Cl2NO3S/c1-4-6(12)9(13)18-8(4)10(15)14-7(11(16)17)5-2-3-5/h5,7H,2-3H2,1H3,(H,14,15)(H,16,17). The Labute approximate surface area is 118 Å². The second-order valence-corrected chi connectivity index (χ2v) is 6.27. The molecule has 1 fully saturated rings. The molecule has 0 aliphatic heterocycles. The second kappa shape index (κ2) is 5.07. The number of rotatable bonds is 4. The number of carbonyl (C=O) groups is 2. The molecule has 1 aliphatic carbocycles. The molecule has 1 saturated carbocycles. The zero-order chi connectivity index (χ0) is 13.4. The van der Waals surface area contributed by atoms with Crippen molar-refractivity contribution in [2.45, 2.75) is 25.8 Å². The minimum absolute atomic E-state index is 0.0395. The summed E-state index contributed by atoms with van der Waals surface area (Å²) in [7, 11) is 0. The highest BCUT2D eigenvalue weighted by atomic mass is 35.5. The van der Waals surface area contributed by atoms with Crippen molar-refractivity contribution < 1.29 is 14.7 Å². The van der Waals surface area contributed by atoms with Crippen LogP contribution in [0.1, 0.15) is 28.1 Å². The molecule has 0 saturated heterocycles. The third-order valence-electron chi connectivity index (χ3n) is 2.89. The molecule has 4 nitrogen and oxygen atoms in total. The number of amides is 1. The fourth-order valence-electron chi connectivity index (χ4n) is 1.69. The van der Waals surface area contributed by atoms with Crippen LogP contribution < -0.4 is 5.32 Å². The first-order chi connectivity index (χ1) is 8.41. The van der Waals surface area contributed by atoms with Crippen molar-refractivity contribution in [3.8, 4) is 0 Å². The van der Waals surface area contributed by atoms with Gasteiger partial charge in [0.05, 0.1) is 9.90 Å². The predicted octanol–water partition coefficient (Wildman–Crippen LogP) is 2.96. The van der Waals surface area contributed by atoms with Gasteiger partial charge in [-0.2, -0.15) is 0 Å². The van der Waals surface area contributed by atoms with Crippen LogP contribution >= 0.6 is 34.5 Å². The van der Waals surface area contributed by atoms with Gasteiger partial charge in [-0.05, 0) is 31.2 Å². The topological polar surface area (TPSA) is 66.4 Å². The highest BCUT2D eigenvalue weighted by molar-refractivity contribution is 7.19. The number of hydrogen-bond donors (Lipinski definition) is 2. The minimum atomic E-state index is -1.00. The lowest BCUT2D eigenvalue weighted by Gasteiger charge is -2.12. The summed E-state index contributed by atoms with van der Waals surface area (Å²) in [6.07, 6.45) is 1.67. The van der Waals surface area contributed by atoms with Crippen molar-refractivity contribution in [1.29, 1.82) is 0 Å². The largest absolute Gasteiger partial charge is 0.480 e. The molecule has 2 rings (SSSR count). The third kappa shape index (κ3) is 2.63. The van der Waals surface area contributed by atoms with Gasteiger partial charge in [-0.1, -0.05) is 23.2 Å². The molecule has 0 aromatic carbocycles. The molecule has 0 bridgehead atoms. The SMILES string of the molecule is Cc1c(C(=O)NC(C(=O)O)C2CC2)sc(Cl)c1Cl. The Morgan fingerprint density at radius 2 is 2.06 bits per heavy atom. The molecule has 1 aliphatic rings.